The van der Waals surface area contributed by atoms with Gasteiger partial charge in [0, 0.05) is 17.9 Å². The van der Waals surface area contributed by atoms with Gasteiger partial charge in [-0.15, -0.1) is 0 Å². The van der Waals surface area contributed by atoms with E-state index in [1.54, 1.807) is 0 Å². The zero-order valence-electron chi connectivity index (χ0n) is 18.3. The van der Waals surface area contributed by atoms with Gasteiger partial charge in [-0.3, -0.25) is 4.79 Å². The first-order valence-corrected chi connectivity index (χ1v) is 12.0. The molecule has 3 unspecified atom stereocenters. The quantitative estimate of drug-likeness (QED) is 0.525. The number of nitrogens with two attached hydrogens (primary N) is 1. The molecule has 5 fully saturated rings. The molecule has 2 N–H and O–H groups in total. The van der Waals surface area contributed by atoms with E-state index in [1.165, 1.54) is 24.1 Å². The summed E-state index contributed by atoms with van der Waals surface area (Å²) in [6, 6.07) is 0.147. The van der Waals surface area contributed by atoms with E-state index in [9.17, 15) is 4.79 Å². The van der Waals surface area contributed by atoms with Gasteiger partial charge in [0.05, 0.1) is 5.71 Å². The van der Waals surface area contributed by atoms with E-state index < -0.39 is 0 Å². The van der Waals surface area contributed by atoms with E-state index in [4.69, 9.17) is 10.6 Å². The van der Waals surface area contributed by atoms with Crippen molar-refractivity contribution < 1.29 is 9.63 Å². The SMILES string of the molecule is C=C1CC2C/C(=N\OC3CCCC3N)CC[C@]2(C)[C@H]2CC[C@]3(C)C(=O)CC[C@H]3[C@H]12. The van der Waals surface area contributed by atoms with Gasteiger partial charge in [0.15, 0.2) is 0 Å². The lowest BCUT2D eigenvalue weighted by Gasteiger charge is -2.60. The van der Waals surface area contributed by atoms with Crippen LogP contribution in [-0.2, 0) is 9.63 Å². The van der Waals surface area contributed by atoms with Crippen LogP contribution in [0, 0.1) is 34.5 Å². The minimum absolute atomic E-state index is 0.0809. The van der Waals surface area contributed by atoms with Gasteiger partial charge in [-0.05, 0) is 93.3 Å². The highest BCUT2D eigenvalue weighted by atomic mass is 16.6. The molecule has 5 aliphatic rings. The number of fused-ring (bicyclic) bond motifs is 5. The van der Waals surface area contributed by atoms with Gasteiger partial charge >= 0.3 is 0 Å². The molecule has 0 aromatic rings. The fourth-order valence-electron chi connectivity index (χ4n) is 8.02. The summed E-state index contributed by atoms with van der Waals surface area (Å²) in [5.41, 5.74) is 9.06. The van der Waals surface area contributed by atoms with Gasteiger partial charge in [0.1, 0.15) is 11.9 Å². The van der Waals surface area contributed by atoms with Crippen LogP contribution in [0.4, 0.5) is 0 Å². The number of hydrogen-bond acceptors (Lipinski definition) is 4. The molecule has 5 aliphatic carbocycles. The smallest absolute Gasteiger partial charge is 0.142 e. The van der Waals surface area contributed by atoms with E-state index in [0.717, 1.165) is 57.8 Å². The highest BCUT2D eigenvalue weighted by Crippen LogP contribution is 2.66. The van der Waals surface area contributed by atoms with Crippen molar-refractivity contribution in [3.8, 4) is 0 Å². The Labute approximate surface area is 175 Å². The van der Waals surface area contributed by atoms with E-state index >= 15 is 0 Å². The maximum absolute atomic E-state index is 12.7. The van der Waals surface area contributed by atoms with E-state index in [0.29, 0.717) is 34.9 Å². The maximum atomic E-state index is 12.7. The van der Waals surface area contributed by atoms with Crippen LogP contribution in [0.15, 0.2) is 17.3 Å². The predicted molar refractivity (Wildman–Crippen MR) is 115 cm³/mol. The van der Waals surface area contributed by atoms with Gasteiger partial charge < -0.3 is 10.6 Å². The zero-order valence-corrected chi connectivity index (χ0v) is 18.3. The van der Waals surface area contributed by atoms with Crippen molar-refractivity contribution in [1.82, 2.24) is 0 Å². The minimum Gasteiger partial charge on any atom is -0.391 e. The Kier molecular flexibility index (Phi) is 4.73. The van der Waals surface area contributed by atoms with E-state index in [2.05, 4.69) is 25.6 Å². The molecule has 4 heteroatoms. The molecule has 5 saturated carbocycles. The first-order valence-electron chi connectivity index (χ1n) is 12.0. The van der Waals surface area contributed by atoms with Gasteiger partial charge in [0.25, 0.3) is 0 Å². The van der Waals surface area contributed by atoms with Crippen LogP contribution < -0.4 is 5.73 Å². The molecular formula is C25H38N2O2. The lowest BCUT2D eigenvalue weighted by atomic mass is 9.44. The van der Waals surface area contributed by atoms with Crippen molar-refractivity contribution in [1.29, 1.82) is 0 Å². The Balaban J connectivity index is 1.34. The number of hydrogen-bond donors (Lipinski definition) is 1. The number of ketones is 1. The highest BCUT2D eigenvalue weighted by molar-refractivity contribution is 5.87. The Morgan fingerprint density at radius 3 is 2.66 bits per heavy atom. The van der Waals surface area contributed by atoms with Crippen LogP contribution in [0.25, 0.3) is 0 Å². The van der Waals surface area contributed by atoms with Crippen molar-refractivity contribution in [2.24, 2.45) is 45.4 Å². The molecule has 0 aromatic heterocycles. The molecule has 4 nitrogen and oxygen atoms in total. The zero-order chi connectivity index (χ0) is 20.4. The van der Waals surface area contributed by atoms with Crippen molar-refractivity contribution in [2.45, 2.75) is 96.6 Å². The Morgan fingerprint density at radius 2 is 1.90 bits per heavy atom. The predicted octanol–water partition coefficient (Wildman–Crippen LogP) is 5.02. The molecule has 0 radical (unpaired) electrons. The molecule has 8 atom stereocenters. The van der Waals surface area contributed by atoms with E-state index in [-0.39, 0.29) is 17.6 Å². The third-order valence-corrected chi connectivity index (χ3v) is 9.99. The lowest BCUT2D eigenvalue weighted by molar-refractivity contribution is -0.133. The van der Waals surface area contributed by atoms with Crippen LogP contribution in [0.3, 0.4) is 0 Å². The number of carbonyl (C=O) groups is 1. The van der Waals surface area contributed by atoms with Gasteiger partial charge in [0.2, 0.25) is 0 Å². The fourth-order valence-corrected chi connectivity index (χ4v) is 8.02. The number of rotatable bonds is 2. The van der Waals surface area contributed by atoms with Gasteiger partial charge in [-0.2, -0.15) is 0 Å². The monoisotopic (exact) mass is 398 g/mol. The summed E-state index contributed by atoms with van der Waals surface area (Å²) in [7, 11) is 0. The minimum atomic E-state index is -0.0809. The second kappa shape index (κ2) is 6.93. The van der Waals surface area contributed by atoms with Crippen molar-refractivity contribution >= 4 is 11.5 Å². The van der Waals surface area contributed by atoms with Crippen LogP contribution >= 0.6 is 0 Å². The number of Topliss-reactive ketones (excluding diaryl/α,β-unsaturated/α-hetero) is 1. The average Bonchev–Trinajstić information content (AvgIpc) is 3.24. The molecule has 0 aromatic carbocycles. The van der Waals surface area contributed by atoms with Crippen LogP contribution in [0.1, 0.15) is 84.5 Å². The third kappa shape index (κ3) is 2.96. The molecule has 0 heterocycles. The molecule has 0 saturated heterocycles. The summed E-state index contributed by atoms with van der Waals surface area (Å²) < 4.78 is 0. The molecule has 0 aliphatic heterocycles. The fraction of sp³-hybridized carbons (Fsp3) is 0.840. The summed E-state index contributed by atoms with van der Waals surface area (Å²) in [5.74, 6) is 2.89. The standard InChI is InChI=1S/C25H38N2O2/c1-15-13-16-14-17(27-29-21-6-4-5-20(21)26)9-11-24(16,2)19-10-12-25(3)18(23(15)19)7-8-22(25)28/h16,18-21,23H,1,4-14,26H2,2-3H3/b27-17-/t16?,18-,19-,20?,21?,23-,24-,25-/m0/s1. The molecule has 5 rings (SSSR count). The topological polar surface area (TPSA) is 64.7 Å². The molecule has 0 amide bonds. The van der Waals surface area contributed by atoms with Crippen molar-refractivity contribution in [2.75, 3.05) is 0 Å². The second-order valence-corrected chi connectivity index (χ2v) is 11.3. The lowest BCUT2D eigenvalue weighted by Crippen LogP contribution is -2.54. The largest absolute Gasteiger partial charge is 0.391 e. The van der Waals surface area contributed by atoms with Gasteiger partial charge in [-0.1, -0.05) is 31.2 Å². The third-order valence-electron chi connectivity index (χ3n) is 9.99. The second-order valence-electron chi connectivity index (χ2n) is 11.3. The number of allylic oxidation sites excluding steroid dienone is 1. The Morgan fingerprint density at radius 1 is 1.07 bits per heavy atom. The average molecular weight is 399 g/mol. The maximum Gasteiger partial charge on any atom is 0.142 e. The van der Waals surface area contributed by atoms with Crippen LogP contribution in [-0.4, -0.2) is 23.6 Å². The molecule has 0 spiro atoms. The summed E-state index contributed by atoms with van der Waals surface area (Å²) in [6.07, 6.45) is 11.9. The van der Waals surface area contributed by atoms with Gasteiger partial charge in [-0.25, -0.2) is 0 Å². The first-order chi connectivity index (χ1) is 13.8. The summed E-state index contributed by atoms with van der Waals surface area (Å²) >= 11 is 0. The highest BCUT2D eigenvalue weighted by Gasteiger charge is 2.61. The van der Waals surface area contributed by atoms with Crippen molar-refractivity contribution in [3.63, 3.8) is 0 Å². The van der Waals surface area contributed by atoms with Crippen LogP contribution in [0.5, 0.6) is 0 Å². The number of oxime groups is 1. The van der Waals surface area contributed by atoms with E-state index in [1.807, 2.05) is 0 Å². The normalized spacial score (nSPS) is 50.9. The molecule has 29 heavy (non-hydrogen) atoms. The summed E-state index contributed by atoms with van der Waals surface area (Å²) in [5, 5.41) is 4.60. The number of carbonyl (C=O) groups excluding carboxylic acids is 1. The van der Waals surface area contributed by atoms with Crippen LogP contribution in [0.2, 0.25) is 0 Å². The summed E-state index contributed by atoms with van der Waals surface area (Å²) in [4.78, 5) is 18.5. The number of nitrogens with zero attached hydrogens (tertiary/aromatic N) is 1. The van der Waals surface area contributed by atoms with Crippen molar-refractivity contribution in [3.05, 3.63) is 12.2 Å². The first kappa shape index (κ1) is 19.8. The molecular weight excluding hydrogens is 360 g/mol. The molecule has 0 bridgehead atoms. The molecule has 160 valence electrons. The Hall–Kier alpha value is -1.16. The Bertz CT molecular complexity index is 745. The summed E-state index contributed by atoms with van der Waals surface area (Å²) in [6.45, 7) is 9.37.